The number of benzene rings is 3. The lowest BCUT2D eigenvalue weighted by molar-refractivity contribution is -0.116. The molecule has 0 saturated heterocycles. The van der Waals surface area contributed by atoms with Gasteiger partial charge in [0, 0.05) is 29.3 Å². The predicted octanol–water partition coefficient (Wildman–Crippen LogP) is 3.70. The van der Waals surface area contributed by atoms with Crippen LogP contribution < -0.4 is 5.32 Å². The number of fused-ring (bicyclic) bond motifs is 3. The lowest BCUT2D eigenvalue weighted by Gasteiger charge is -2.23. The molecule has 4 rings (SSSR count). The fourth-order valence-electron chi connectivity index (χ4n) is 4.21. The van der Waals surface area contributed by atoms with Crippen molar-refractivity contribution >= 4 is 33.9 Å². The van der Waals surface area contributed by atoms with Crippen LogP contribution in [0.5, 0.6) is 11.5 Å². The third-order valence-corrected chi connectivity index (χ3v) is 5.97. The van der Waals surface area contributed by atoms with E-state index in [0.29, 0.717) is 6.54 Å². The van der Waals surface area contributed by atoms with Crippen molar-refractivity contribution in [1.29, 1.82) is 0 Å². The quantitative estimate of drug-likeness (QED) is 0.401. The van der Waals surface area contributed by atoms with Crippen molar-refractivity contribution in [3.63, 3.8) is 0 Å². The Morgan fingerprint density at radius 2 is 1.44 bits per heavy atom. The molecule has 164 valence electrons. The SMILES string of the molecule is CCN(CC)CCC(=O)Nc1cccc2c1C(=O)c1c(c(O)c3ccccc3c1O)C2=O. The third-order valence-electron chi connectivity index (χ3n) is 5.97. The van der Waals surface area contributed by atoms with Crippen LogP contribution in [0.1, 0.15) is 52.1 Å². The number of rotatable bonds is 6. The summed E-state index contributed by atoms with van der Waals surface area (Å²) >= 11 is 0. The van der Waals surface area contributed by atoms with Gasteiger partial charge >= 0.3 is 0 Å². The summed E-state index contributed by atoms with van der Waals surface area (Å²) in [6.07, 6.45) is 0.237. The summed E-state index contributed by atoms with van der Waals surface area (Å²) in [6.45, 7) is 6.25. The summed E-state index contributed by atoms with van der Waals surface area (Å²) < 4.78 is 0. The van der Waals surface area contributed by atoms with Gasteiger partial charge in [-0.2, -0.15) is 0 Å². The number of carbonyl (C=O) groups is 3. The molecule has 32 heavy (non-hydrogen) atoms. The van der Waals surface area contributed by atoms with Crippen molar-refractivity contribution in [3.05, 3.63) is 64.7 Å². The molecule has 0 aliphatic heterocycles. The monoisotopic (exact) mass is 432 g/mol. The van der Waals surface area contributed by atoms with Crippen LogP contribution in [0.4, 0.5) is 5.69 Å². The molecule has 0 unspecified atom stereocenters. The van der Waals surface area contributed by atoms with Gasteiger partial charge in [0.15, 0.2) is 5.78 Å². The van der Waals surface area contributed by atoms with E-state index in [1.165, 1.54) is 6.07 Å². The first-order valence-electron chi connectivity index (χ1n) is 10.6. The summed E-state index contributed by atoms with van der Waals surface area (Å²) in [6, 6.07) is 11.1. The number of nitrogens with one attached hydrogen (secondary N) is 1. The van der Waals surface area contributed by atoms with Crippen LogP contribution in [0.3, 0.4) is 0 Å². The molecule has 0 spiro atoms. The van der Waals surface area contributed by atoms with Crippen molar-refractivity contribution in [3.8, 4) is 11.5 Å². The van der Waals surface area contributed by atoms with Gasteiger partial charge in [0.05, 0.1) is 22.4 Å². The Balaban J connectivity index is 1.77. The van der Waals surface area contributed by atoms with E-state index < -0.39 is 11.6 Å². The lowest BCUT2D eigenvalue weighted by atomic mass is 9.80. The smallest absolute Gasteiger partial charge is 0.225 e. The van der Waals surface area contributed by atoms with Crippen molar-refractivity contribution in [2.45, 2.75) is 20.3 Å². The molecule has 0 heterocycles. The molecule has 0 saturated carbocycles. The molecular weight excluding hydrogens is 408 g/mol. The maximum Gasteiger partial charge on any atom is 0.225 e. The Hall–Kier alpha value is -3.71. The Morgan fingerprint density at radius 3 is 2.03 bits per heavy atom. The van der Waals surface area contributed by atoms with Gasteiger partial charge in [-0.1, -0.05) is 50.2 Å². The fourth-order valence-corrected chi connectivity index (χ4v) is 4.21. The summed E-state index contributed by atoms with van der Waals surface area (Å²) in [4.78, 5) is 41.4. The van der Waals surface area contributed by atoms with E-state index in [1.54, 1.807) is 36.4 Å². The van der Waals surface area contributed by atoms with Crippen LogP contribution in [0.15, 0.2) is 42.5 Å². The minimum absolute atomic E-state index is 0.0196. The Bertz CT molecular complexity index is 1260. The maximum atomic E-state index is 13.4. The largest absolute Gasteiger partial charge is 0.506 e. The minimum atomic E-state index is -0.618. The molecule has 7 nitrogen and oxygen atoms in total. The standard InChI is InChI=1S/C25H24N2O5/c1-3-27(4-2)13-12-18(28)26-17-11-7-10-16-19(17)25(32)21-20(24(16)31)22(29)14-8-5-6-9-15(14)23(21)30/h5-11,29-30H,3-4,12-13H2,1-2H3,(H,26,28). The van der Waals surface area contributed by atoms with Crippen molar-refractivity contribution in [2.75, 3.05) is 25.0 Å². The summed E-state index contributed by atoms with van der Waals surface area (Å²) in [5.74, 6) is -2.17. The number of carbonyl (C=O) groups excluding carboxylic acids is 3. The fraction of sp³-hybridized carbons (Fsp3) is 0.240. The zero-order chi connectivity index (χ0) is 23.0. The first kappa shape index (κ1) is 21.5. The molecule has 1 amide bonds. The first-order valence-corrected chi connectivity index (χ1v) is 10.6. The van der Waals surface area contributed by atoms with Crippen LogP contribution in [0, 0.1) is 0 Å². The molecule has 0 bridgehead atoms. The molecule has 7 heteroatoms. The first-order chi connectivity index (χ1) is 15.4. The van der Waals surface area contributed by atoms with E-state index in [2.05, 4.69) is 10.2 Å². The molecule has 0 aromatic heterocycles. The second-order valence-electron chi connectivity index (χ2n) is 7.70. The van der Waals surface area contributed by atoms with E-state index in [1.807, 2.05) is 13.8 Å². The number of anilines is 1. The van der Waals surface area contributed by atoms with E-state index in [-0.39, 0.29) is 62.5 Å². The molecular formula is C25H24N2O5. The van der Waals surface area contributed by atoms with Crippen LogP contribution >= 0.6 is 0 Å². The van der Waals surface area contributed by atoms with Crippen molar-refractivity contribution < 1.29 is 24.6 Å². The zero-order valence-electron chi connectivity index (χ0n) is 17.9. The Morgan fingerprint density at radius 1 is 0.844 bits per heavy atom. The highest BCUT2D eigenvalue weighted by Crippen LogP contribution is 2.45. The highest BCUT2D eigenvalue weighted by molar-refractivity contribution is 6.34. The maximum absolute atomic E-state index is 13.4. The molecule has 1 aliphatic carbocycles. The van der Waals surface area contributed by atoms with Gasteiger partial charge in [0.1, 0.15) is 11.5 Å². The van der Waals surface area contributed by atoms with E-state index in [4.69, 9.17) is 0 Å². The predicted molar refractivity (Wildman–Crippen MR) is 122 cm³/mol. The summed E-state index contributed by atoms with van der Waals surface area (Å²) in [5.41, 5.74) is -0.157. The van der Waals surface area contributed by atoms with Gasteiger partial charge in [-0.05, 0) is 19.2 Å². The number of nitrogens with zero attached hydrogens (tertiary/aromatic N) is 1. The van der Waals surface area contributed by atoms with Crippen LogP contribution in [-0.2, 0) is 4.79 Å². The number of hydrogen-bond donors (Lipinski definition) is 3. The second-order valence-corrected chi connectivity index (χ2v) is 7.70. The van der Waals surface area contributed by atoms with Crippen molar-refractivity contribution in [1.82, 2.24) is 4.90 Å². The van der Waals surface area contributed by atoms with Crippen LogP contribution in [0.2, 0.25) is 0 Å². The highest BCUT2D eigenvalue weighted by Gasteiger charge is 2.37. The number of phenols is 2. The number of phenolic OH excluding ortho intramolecular Hbond substituents is 2. The Labute approximate surface area is 185 Å². The van der Waals surface area contributed by atoms with Gasteiger partial charge in [0.2, 0.25) is 11.7 Å². The molecule has 0 atom stereocenters. The van der Waals surface area contributed by atoms with Crippen LogP contribution in [0.25, 0.3) is 10.8 Å². The molecule has 0 radical (unpaired) electrons. The topological polar surface area (TPSA) is 107 Å². The number of hydrogen-bond acceptors (Lipinski definition) is 6. The third kappa shape index (κ3) is 3.40. The zero-order valence-corrected chi connectivity index (χ0v) is 17.9. The van der Waals surface area contributed by atoms with E-state index >= 15 is 0 Å². The average Bonchev–Trinajstić information content (AvgIpc) is 2.80. The average molecular weight is 432 g/mol. The second kappa shape index (κ2) is 8.43. The molecule has 0 fully saturated rings. The molecule has 3 N–H and O–H groups in total. The highest BCUT2D eigenvalue weighted by atomic mass is 16.3. The molecule has 1 aliphatic rings. The minimum Gasteiger partial charge on any atom is -0.506 e. The van der Waals surface area contributed by atoms with E-state index in [9.17, 15) is 24.6 Å². The molecule has 3 aromatic rings. The number of amides is 1. The number of aromatic hydroxyl groups is 2. The van der Waals surface area contributed by atoms with Gasteiger partial charge in [-0.15, -0.1) is 0 Å². The Kier molecular flexibility index (Phi) is 5.67. The van der Waals surface area contributed by atoms with Gasteiger partial charge in [-0.3, -0.25) is 14.4 Å². The lowest BCUT2D eigenvalue weighted by Crippen LogP contribution is -2.28. The van der Waals surface area contributed by atoms with Gasteiger partial charge in [-0.25, -0.2) is 0 Å². The van der Waals surface area contributed by atoms with E-state index in [0.717, 1.165) is 13.1 Å². The van der Waals surface area contributed by atoms with Crippen LogP contribution in [-0.4, -0.2) is 52.2 Å². The molecule has 3 aromatic carbocycles. The summed E-state index contributed by atoms with van der Waals surface area (Å²) in [7, 11) is 0. The normalized spacial score (nSPS) is 12.7. The summed E-state index contributed by atoms with van der Waals surface area (Å²) in [5, 5.41) is 24.9. The van der Waals surface area contributed by atoms with Gasteiger partial charge < -0.3 is 20.4 Å². The number of ketones is 2. The van der Waals surface area contributed by atoms with Gasteiger partial charge in [0.25, 0.3) is 0 Å². The van der Waals surface area contributed by atoms with Crippen molar-refractivity contribution in [2.24, 2.45) is 0 Å².